The Hall–Kier alpha value is -2.91. The molecule has 1 saturated heterocycles. The van der Waals surface area contributed by atoms with Crippen molar-refractivity contribution in [1.29, 1.82) is 0 Å². The number of carbonyl (C=O) groups excluding carboxylic acids is 1. The number of thiazole rings is 1. The van der Waals surface area contributed by atoms with Crippen LogP contribution in [0.4, 0.5) is 0 Å². The van der Waals surface area contributed by atoms with Gasteiger partial charge in [-0.05, 0) is 17.7 Å². The standard InChI is InChI=1S/C19H18N4O4S/c24-17(14-10-20-19-23(18(14)25)7-8-28-19)22-5-3-21(4-6-22)11-13-1-2-15-16(9-13)27-12-26-15/h1-2,7-10H,3-6,11-12H2. The molecule has 3 aromatic rings. The second-order valence-electron chi connectivity index (χ2n) is 6.79. The van der Waals surface area contributed by atoms with Gasteiger partial charge in [0.05, 0.1) is 0 Å². The molecular formula is C19H18N4O4S. The molecule has 1 fully saturated rings. The third-order valence-electron chi connectivity index (χ3n) is 5.08. The first-order chi connectivity index (χ1) is 13.7. The number of benzene rings is 1. The van der Waals surface area contributed by atoms with Gasteiger partial charge in [-0.1, -0.05) is 6.07 Å². The van der Waals surface area contributed by atoms with Crippen molar-refractivity contribution in [2.24, 2.45) is 0 Å². The number of fused-ring (bicyclic) bond motifs is 2. The Morgan fingerprint density at radius 1 is 1.14 bits per heavy atom. The molecule has 8 nitrogen and oxygen atoms in total. The van der Waals surface area contributed by atoms with E-state index in [1.807, 2.05) is 18.2 Å². The van der Waals surface area contributed by atoms with Gasteiger partial charge in [-0.15, -0.1) is 11.3 Å². The van der Waals surface area contributed by atoms with E-state index >= 15 is 0 Å². The van der Waals surface area contributed by atoms with Crippen molar-refractivity contribution in [3.8, 4) is 11.5 Å². The van der Waals surface area contributed by atoms with Gasteiger partial charge in [0.15, 0.2) is 16.5 Å². The molecule has 0 radical (unpaired) electrons. The summed E-state index contributed by atoms with van der Waals surface area (Å²) in [5, 5.41) is 1.78. The van der Waals surface area contributed by atoms with E-state index in [9.17, 15) is 9.59 Å². The average Bonchev–Trinajstić information content (AvgIpc) is 3.37. The number of nitrogens with zero attached hydrogens (tertiary/aromatic N) is 4. The monoisotopic (exact) mass is 398 g/mol. The smallest absolute Gasteiger partial charge is 0.271 e. The highest BCUT2D eigenvalue weighted by Gasteiger charge is 2.25. The first-order valence-corrected chi connectivity index (χ1v) is 9.92. The third kappa shape index (κ3) is 3.02. The molecular weight excluding hydrogens is 380 g/mol. The molecule has 0 atom stereocenters. The molecule has 0 saturated carbocycles. The molecule has 0 bridgehead atoms. The van der Waals surface area contributed by atoms with Crippen LogP contribution in [-0.2, 0) is 6.54 Å². The van der Waals surface area contributed by atoms with E-state index in [4.69, 9.17) is 9.47 Å². The fourth-order valence-electron chi connectivity index (χ4n) is 3.55. The first kappa shape index (κ1) is 17.2. The summed E-state index contributed by atoms with van der Waals surface area (Å²) in [4.78, 5) is 34.2. The maximum absolute atomic E-state index is 12.8. The van der Waals surface area contributed by atoms with Gasteiger partial charge in [0, 0.05) is 50.5 Å². The summed E-state index contributed by atoms with van der Waals surface area (Å²) in [6.45, 7) is 3.70. The Morgan fingerprint density at radius 3 is 2.82 bits per heavy atom. The zero-order valence-corrected chi connectivity index (χ0v) is 15.9. The molecule has 1 amide bonds. The third-order valence-corrected chi connectivity index (χ3v) is 5.85. The summed E-state index contributed by atoms with van der Waals surface area (Å²) in [6, 6.07) is 5.97. The number of hydrogen-bond acceptors (Lipinski definition) is 7. The minimum atomic E-state index is -0.306. The Bertz CT molecular complexity index is 1100. The van der Waals surface area contributed by atoms with E-state index < -0.39 is 0 Å². The number of ether oxygens (including phenoxy) is 2. The molecule has 2 aromatic heterocycles. The van der Waals surface area contributed by atoms with Crippen LogP contribution in [0.25, 0.3) is 4.96 Å². The van der Waals surface area contributed by atoms with E-state index in [1.165, 1.54) is 21.9 Å². The molecule has 4 heterocycles. The van der Waals surface area contributed by atoms with Crippen LogP contribution < -0.4 is 15.0 Å². The van der Waals surface area contributed by atoms with Crippen molar-refractivity contribution in [1.82, 2.24) is 19.2 Å². The lowest BCUT2D eigenvalue weighted by Gasteiger charge is -2.34. The fraction of sp³-hybridized carbons (Fsp3) is 0.316. The summed E-state index contributed by atoms with van der Waals surface area (Å²) in [5.74, 6) is 1.31. The van der Waals surface area contributed by atoms with E-state index in [0.717, 1.165) is 36.7 Å². The van der Waals surface area contributed by atoms with Crippen molar-refractivity contribution >= 4 is 22.2 Å². The van der Waals surface area contributed by atoms with Crippen LogP contribution in [0, 0.1) is 0 Å². The second kappa shape index (κ2) is 6.92. The molecule has 0 unspecified atom stereocenters. The van der Waals surface area contributed by atoms with Crippen LogP contribution in [0.15, 0.2) is 40.8 Å². The summed E-state index contributed by atoms with van der Waals surface area (Å²) in [5.41, 5.74) is 0.966. The minimum absolute atomic E-state index is 0.125. The topological polar surface area (TPSA) is 76.4 Å². The predicted molar refractivity (Wildman–Crippen MR) is 103 cm³/mol. The molecule has 28 heavy (non-hydrogen) atoms. The summed E-state index contributed by atoms with van der Waals surface area (Å²) < 4.78 is 12.2. The molecule has 2 aliphatic rings. The zero-order valence-electron chi connectivity index (χ0n) is 15.0. The van der Waals surface area contributed by atoms with Gasteiger partial charge in [-0.25, -0.2) is 4.98 Å². The maximum atomic E-state index is 12.8. The molecule has 0 aliphatic carbocycles. The molecule has 9 heteroatoms. The number of amides is 1. The van der Waals surface area contributed by atoms with Gasteiger partial charge in [-0.3, -0.25) is 18.9 Å². The molecule has 2 aliphatic heterocycles. The molecule has 1 aromatic carbocycles. The largest absolute Gasteiger partial charge is 0.454 e. The molecule has 0 spiro atoms. The summed E-state index contributed by atoms with van der Waals surface area (Å²) in [6.07, 6.45) is 3.05. The second-order valence-corrected chi connectivity index (χ2v) is 7.66. The molecule has 144 valence electrons. The lowest BCUT2D eigenvalue weighted by molar-refractivity contribution is 0.0626. The summed E-state index contributed by atoms with van der Waals surface area (Å²) in [7, 11) is 0. The number of rotatable bonds is 3. The van der Waals surface area contributed by atoms with Crippen molar-refractivity contribution < 1.29 is 14.3 Å². The van der Waals surface area contributed by atoms with Crippen LogP contribution in [-0.4, -0.2) is 58.1 Å². The normalized spacial score (nSPS) is 16.6. The number of hydrogen-bond donors (Lipinski definition) is 0. The van der Waals surface area contributed by atoms with Gasteiger partial charge in [0.25, 0.3) is 11.5 Å². The maximum Gasteiger partial charge on any atom is 0.271 e. The van der Waals surface area contributed by atoms with Crippen LogP contribution in [0.5, 0.6) is 11.5 Å². The Kier molecular flexibility index (Phi) is 4.25. The van der Waals surface area contributed by atoms with Gasteiger partial charge in [0.1, 0.15) is 5.56 Å². The van der Waals surface area contributed by atoms with Crippen LogP contribution >= 0.6 is 11.3 Å². The highest BCUT2D eigenvalue weighted by molar-refractivity contribution is 7.15. The van der Waals surface area contributed by atoms with E-state index in [0.29, 0.717) is 18.1 Å². The first-order valence-electron chi connectivity index (χ1n) is 9.04. The summed E-state index contributed by atoms with van der Waals surface area (Å²) >= 11 is 1.37. The van der Waals surface area contributed by atoms with Crippen molar-refractivity contribution in [2.75, 3.05) is 33.0 Å². The van der Waals surface area contributed by atoms with Gasteiger partial charge >= 0.3 is 0 Å². The number of carbonyl (C=O) groups is 1. The SMILES string of the molecule is O=C(c1cnc2sccn2c1=O)N1CCN(Cc2ccc3c(c2)OCO3)CC1. The Balaban J connectivity index is 1.24. The van der Waals surface area contributed by atoms with Gasteiger partial charge in [-0.2, -0.15) is 0 Å². The Labute approximate surface area is 164 Å². The fourth-order valence-corrected chi connectivity index (χ4v) is 4.22. The minimum Gasteiger partial charge on any atom is -0.454 e. The molecule has 5 rings (SSSR count). The average molecular weight is 398 g/mol. The molecule has 0 N–H and O–H groups in total. The van der Waals surface area contributed by atoms with Crippen LogP contribution in [0.3, 0.4) is 0 Å². The zero-order chi connectivity index (χ0) is 19.1. The highest BCUT2D eigenvalue weighted by atomic mass is 32.1. The van der Waals surface area contributed by atoms with E-state index in [1.54, 1.807) is 16.5 Å². The quantitative estimate of drug-likeness (QED) is 0.665. The van der Waals surface area contributed by atoms with E-state index in [2.05, 4.69) is 9.88 Å². The number of piperazine rings is 1. The predicted octanol–water partition coefficient (Wildman–Crippen LogP) is 1.44. The van der Waals surface area contributed by atoms with Crippen molar-refractivity contribution in [3.63, 3.8) is 0 Å². The van der Waals surface area contributed by atoms with E-state index in [-0.39, 0.29) is 23.8 Å². The van der Waals surface area contributed by atoms with Gasteiger partial charge in [0.2, 0.25) is 6.79 Å². The van der Waals surface area contributed by atoms with Crippen molar-refractivity contribution in [2.45, 2.75) is 6.54 Å². The lowest BCUT2D eigenvalue weighted by Crippen LogP contribution is -2.49. The Morgan fingerprint density at radius 2 is 1.96 bits per heavy atom. The van der Waals surface area contributed by atoms with Crippen LogP contribution in [0.2, 0.25) is 0 Å². The number of aromatic nitrogens is 2. The highest BCUT2D eigenvalue weighted by Crippen LogP contribution is 2.32. The van der Waals surface area contributed by atoms with Crippen molar-refractivity contribution in [3.05, 3.63) is 57.5 Å². The van der Waals surface area contributed by atoms with Gasteiger partial charge < -0.3 is 14.4 Å². The lowest BCUT2D eigenvalue weighted by atomic mass is 10.1. The van der Waals surface area contributed by atoms with Crippen LogP contribution in [0.1, 0.15) is 15.9 Å².